The molecule has 8 nitrogen and oxygen atoms in total. The number of nitrogens with zero attached hydrogens (tertiary/aromatic N) is 1. The SMILES string of the molecule is C[C@H](OC(=O)c1cc(S(=O)(=O)N2CCOCC2)ccc1F)C(=O)NC1CCCC1. The van der Waals surface area contributed by atoms with E-state index < -0.39 is 39.4 Å². The third-order valence-electron chi connectivity index (χ3n) is 5.12. The number of halogens is 1. The molecule has 0 bridgehead atoms. The van der Waals surface area contributed by atoms with Crippen molar-refractivity contribution in [2.75, 3.05) is 26.3 Å². The highest BCUT2D eigenvalue weighted by atomic mass is 32.2. The van der Waals surface area contributed by atoms with Crippen molar-refractivity contribution in [2.45, 2.75) is 49.6 Å². The van der Waals surface area contributed by atoms with Gasteiger partial charge in [0.15, 0.2) is 6.10 Å². The Kier molecular flexibility index (Phi) is 6.86. The fourth-order valence-corrected chi connectivity index (χ4v) is 4.86. The molecule has 1 saturated carbocycles. The van der Waals surface area contributed by atoms with Gasteiger partial charge in [-0.2, -0.15) is 4.31 Å². The molecule has 1 aliphatic carbocycles. The first kappa shape index (κ1) is 21.7. The molecule has 2 fully saturated rings. The molecule has 1 atom stereocenters. The molecule has 1 N–H and O–H groups in total. The Bertz CT molecular complexity index is 863. The van der Waals surface area contributed by atoms with Crippen LogP contribution in [0.4, 0.5) is 4.39 Å². The highest BCUT2D eigenvalue weighted by Gasteiger charge is 2.29. The monoisotopic (exact) mass is 428 g/mol. The lowest BCUT2D eigenvalue weighted by Crippen LogP contribution is -2.41. The van der Waals surface area contributed by atoms with E-state index in [-0.39, 0.29) is 37.2 Å². The largest absolute Gasteiger partial charge is 0.449 e. The molecule has 1 aromatic rings. The number of esters is 1. The van der Waals surface area contributed by atoms with Crippen molar-refractivity contribution >= 4 is 21.9 Å². The summed E-state index contributed by atoms with van der Waals surface area (Å²) in [6.07, 6.45) is 2.70. The van der Waals surface area contributed by atoms with Gasteiger partial charge in [-0.1, -0.05) is 12.8 Å². The van der Waals surface area contributed by atoms with Gasteiger partial charge in [0.05, 0.1) is 23.7 Å². The van der Waals surface area contributed by atoms with E-state index >= 15 is 0 Å². The van der Waals surface area contributed by atoms with Crippen LogP contribution in [0.1, 0.15) is 43.0 Å². The van der Waals surface area contributed by atoms with Gasteiger partial charge >= 0.3 is 5.97 Å². The summed E-state index contributed by atoms with van der Waals surface area (Å²) < 4.78 is 51.1. The van der Waals surface area contributed by atoms with Crippen molar-refractivity contribution in [1.82, 2.24) is 9.62 Å². The Labute approximate surface area is 169 Å². The summed E-state index contributed by atoms with van der Waals surface area (Å²) in [5.74, 6) is -2.46. The van der Waals surface area contributed by atoms with Crippen molar-refractivity contribution < 1.29 is 31.9 Å². The van der Waals surface area contributed by atoms with E-state index in [9.17, 15) is 22.4 Å². The van der Waals surface area contributed by atoms with Crippen LogP contribution in [0, 0.1) is 5.82 Å². The lowest BCUT2D eigenvalue weighted by Gasteiger charge is -2.26. The Balaban J connectivity index is 1.71. The molecule has 1 aliphatic heterocycles. The summed E-state index contributed by atoms with van der Waals surface area (Å²) >= 11 is 0. The average Bonchev–Trinajstić information content (AvgIpc) is 3.21. The fraction of sp³-hybridized carbons (Fsp3) is 0.579. The van der Waals surface area contributed by atoms with E-state index in [4.69, 9.17) is 9.47 Å². The van der Waals surface area contributed by atoms with Crippen molar-refractivity contribution in [3.05, 3.63) is 29.6 Å². The molecule has 1 amide bonds. The van der Waals surface area contributed by atoms with E-state index in [1.54, 1.807) is 0 Å². The lowest BCUT2D eigenvalue weighted by atomic mass is 10.2. The number of sulfonamides is 1. The van der Waals surface area contributed by atoms with Gasteiger partial charge in [0.25, 0.3) is 5.91 Å². The van der Waals surface area contributed by atoms with E-state index in [1.807, 2.05) is 0 Å². The topological polar surface area (TPSA) is 102 Å². The van der Waals surface area contributed by atoms with Crippen molar-refractivity contribution in [1.29, 1.82) is 0 Å². The number of nitrogens with one attached hydrogen (secondary N) is 1. The Morgan fingerprint density at radius 3 is 2.55 bits per heavy atom. The molecule has 0 aromatic heterocycles. The quantitative estimate of drug-likeness (QED) is 0.688. The first-order valence-electron chi connectivity index (χ1n) is 9.68. The Morgan fingerprint density at radius 2 is 1.90 bits per heavy atom. The lowest BCUT2D eigenvalue weighted by molar-refractivity contribution is -0.129. The highest BCUT2D eigenvalue weighted by molar-refractivity contribution is 7.89. The number of amides is 1. The molecule has 3 rings (SSSR count). The molecular weight excluding hydrogens is 403 g/mol. The summed E-state index contributed by atoms with van der Waals surface area (Å²) in [4.78, 5) is 24.4. The van der Waals surface area contributed by atoms with Gasteiger partial charge in [0.1, 0.15) is 5.82 Å². The molecule has 0 spiro atoms. The molecule has 1 heterocycles. The van der Waals surface area contributed by atoms with Crippen LogP contribution >= 0.6 is 0 Å². The fourth-order valence-electron chi connectivity index (χ4n) is 3.42. The van der Waals surface area contributed by atoms with Crippen LogP contribution in [0.25, 0.3) is 0 Å². The summed E-state index contributed by atoms with van der Waals surface area (Å²) in [7, 11) is -3.90. The average molecular weight is 428 g/mol. The molecular formula is C19H25FN2O6S. The van der Waals surface area contributed by atoms with Crippen LogP contribution in [0.5, 0.6) is 0 Å². The smallest absolute Gasteiger partial charge is 0.341 e. The molecule has 0 radical (unpaired) electrons. The predicted octanol–water partition coefficient (Wildman–Crippen LogP) is 1.45. The van der Waals surface area contributed by atoms with E-state index in [0.29, 0.717) is 0 Å². The molecule has 160 valence electrons. The molecule has 2 aliphatic rings. The van der Waals surface area contributed by atoms with Crippen LogP contribution < -0.4 is 5.32 Å². The van der Waals surface area contributed by atoms with Crippen molar-refractivity contribution in [2.24, 2.45) is 0 Å². The zero-order valence-electron chi connectivity index (χ0n) is 16.2. The number of morpholine rings is 1. The predicted molar refractivity (Wildman–Crippen MR) is 101 cm³/mol. The minimum absolute atomic E-state index is 0.0578. The van der Waals surface area contributed by atoms with Gasteiger partial charge in [0, 0.05) is 19.1 Å². The van der Waals surface area contributed by atoms with Crippen LogP contribution in [0.15, 0.2) is 23.1 Å². The highest BCUT2D eigenvalue weighted by Crippen LogP contribution is 2.22. The van der Waals surface area contributed by atoms with Gasteiger partial charge in [-0.3, -0.25) is 4.79 Å². The van der Waals surface area contributed by atoms with Gasteiger partial charge in [-0.15, -0.1) is 0 Å². The van der Waals surface area contributed by atoms with Crippen molar-refractivity contribution in [3.8, 4) is 0 Å². The first-order valence-corrected chi connectivity index (χ1v) is 11.1. The normalized spacial score (nSPS) is 19.7. The summed E-state index contributed by atoms with van der Waals surface area (Å²) in [6.45, 7) is 2.29. The first-order chi connectivity index (χ1) is 13.8. The number of carbonyl (C=O) groups is 2. The second-order valence-electron chi connectivity index (χ2n) is 7.20. The maximum Gasteiger partial charge on any atom is 0.341 e. The number of benzene rings is 1. The third-order valence-corrected chi connectivity index (χ3v) is 7.01. The van der Waals surface area contributed by atoms with Crippen LogP contribution in [0.2, 0.25) is 0 Å². The van der Waals surface area contributed by atoms with E-state index in [1.165, 1.54) is 11.2 Å². The summed E-state index contributed by atoms with van der Waals surface area (Å²) in [5, 5.41) is 2.80. The molecule has 0 unspecified atom stereocenters. The van der Waals surface area contributed by atoms with Gasteiger partial charge in [0.2, 0.25) is 10.0 Å². The van der Waals surface area contributed by atoms with Crippen LogP contribution in [-0.4, -0.2) is 63.0 Å². The molecule has 1 aromatic carbocycles. The maximum atomic E-state index is 14.2. The van der Waals surface area contributed by atoms with Gasteiger partial charge < -0.3 is 14.8 Å². The molecule has 29 heavy (non-hydrogen) atoms. The number of ether oxygens (including phenoxy) is 2. The second kappa shape index (κ2) is 9.19. The minimum atomic E-state index is -3.90. The minimum Gasteiger partial charge on any atom is -0.449 e. The Hall–Kier alpha value is -2.04. The van der Waals surface area contributed by atoms with Gasteiger partial charge in [-0.05, 0) is 38.0 Å². The van der Waals surface area contributed by atoms with E-state index in [0.717, 1.165) is 43.9 Å². The third kappa shape index (κ3) is 5.12. The van der Waals surface area contributed by atoms with E-state index in [2.05, 4.69) is 5.32 Å². The maximum absolute atomic E-state index is 14.2. The molecule has 1 saturated heterocycles. The van der Waals surface area contributed by atoms with Crippen LogP contribution in [-0.2, 0) is 24.3 Å². The van der Waals surface area contributed by atoms with Crippen LogP contribution in [0.3, 0.4) is 0 Å². The number of hydrogen-bond acceptors (Lipinski definition) is 6. The standard InChI is InChI=1S/C19H25FN2O6S/c1-13(18(23)21-14-4-2-3-5-14)28-19(24)16-12-15(6-7-17(16)20)29(25,26)22-8-10-27-11-9-22/h6-7,12-14H,2-5,8-11H2,1H3,(H,21,23)/t13-/m0/s1. The van der Waals surface area contributed by atoms with Crippen molar-refractivity contribution in [3.63, 3.8) is 0 Å². The number of hydrogen-bond donors (Lipinski definition) is 1. The second-order valence-corrected chi connectivity index (χ2v) is 9.13. The number of carbonyl (C=O) groups excluding carboxylic acids is 2. The molecule has 10 heteroatoms. The number of rotatable bonds is 6. The summed E-state index contributed by atoms with van der Waals surface area (Å²) in [5.41, 5.74) is -0.528. The zero-order valence-corrected chi connectivity index (χ0v) is 17.0. The van der Waals surface area contributed by atoms with Gasteiger partial charge in [-0.25, -0.2) is 17.6 Å². The zero-order chi connectivity index (χ0) is 21.0. The Morgan fingerprint density at radius 1 is 1.24 bits per heavy atom. The summed E-state index contributed by atoms with van der Waals surface area (Å²) in [6, 6.07) is 3.02.